The second-order valence-electron chi connectivity index (χ2n) is 4.13. The van der Waals surface area contributed by atoms with E-state index >= 15 is 0 Å². The monoisotopic (exact) mass is 282 g/mol. The van der Waals surface area contributed by atoms with Gasteiger partial charge in [0.05, 0.1) is 18.2 Å². The molecule has 0 amide bonds. The lowest BCUT2D eigenvalue weighted by Gasteiger charge is -2.23. The van der Waals surface area contributed by atoms with Crippen LogP contribution in [0.1, 0.15) is 20.3 Å². The van der Waals surface area contributed by atoms with Crippen molar-refractivity contribution in [2.24, 2.45) is 0 Å². The number of sulfonamides is 1. The molecule has 0 radical (unpaired) electrons. The first-order valence-electron chi connectivity index (χ1n) is 5.98. The summed E-state index contributed by atoms with van der Waals surface area (Å²) in [5.41, 5.74) is 0.522. The van der Waals surface area contributed by atoms with Gasteiger partial charge >= 0.3 is 0 Å². The van der Waals surface area contributed by atoms with E-state index in [0.29, 0.717) is 12.2 Å². The second kappa shape index (κ2) is 6.50. The zero-order chi connectivity index (χ0) is 14.5. The molecule has 0 aromatic carbocycles. The molecule has 1 atom stereocenters. The van der Waals surface area contributed by atoms with Crippen molar-refractivity contribution in [1.29, 1.82) is 5.26 Å². The summed E-state index contributed by atoms with van der Waals surface area (Å²) in [6.45, 7) is 4.20. The standard InChI is InChI=1S/C12H18N4O2S/c1-4-15-11-6-8-14-9-12(11)19(17,18)16(3)10(2)5-7-13/h6,8-10H,4-5H2,1-3H3,(H,14,15). The molecule has 0 fully saturated rings. The molecule has 19 heavy (non-hydrogen) atoms. The van der Waals surface area contributed by atoms with E-state index in [1.54, 1.807) is 13.0 Å². The summed E-state index contributed by atoms with van der Waals surface area (Å²) < 4.78 is 26.2. The molecule has 1 unspecified atom stereocenters. The van der Waals surface area contributed by atoms with Crippen molar-refractivity contribution in [2.75, 3.05) is 18.9 Å². The third kappa shape index (κ3) is 3.43. The van der Waals surface area contributed by atoms with Gasteiger partial charge in [-0.1, -0.05) is 0 Å². The van der Waals surface area contributed by atoms with Crippen LogP contribution >= 0.6 is 0 Å². The molecular weight excluding hydrogens is 264 g/mol. The first-order valence-corrected chi connectivity index (χ1v) is 7.42. The van der Waals surface area contributed by atoms with Crippen molar-refractivity contribution in [3.05, 3.63) is 18.5 Å². The number of anilines is 1. The number of nitrogens with one attached hydrogen (secondary N) is 1. The van der Waals surface area contributed by atoms with Crippen LogP contribution in [0.4, 0.5) is 5.69 Å². The number of hydrogen-bond acceptors (Lipinski definition) is 5. The Morgan fingerprint density at radius 1 is 1.58 bits per heavy atom. The van der Waals surface area contributed by atoms with Gasteiger partial charge in [-0.25, -0.2) is 8.42 Å². The summed E-state index contributed by atoms with van der Waals surface area (Å²) in [7, 11) is -2.18. The average molecular weight is 282 g/mol. The van der Waals surface area contributed by atoms with Crippen LogP contribution in [0.2, 0.25) is 0 Å². The normalized spacial score (nSPS) is 13.0. The summed E-state index contributed by atoms with van der Waals surface area (Å²) in [6, 6.07) is 3.21. The van der Waals surface area contributed by atoms with Crippen LogP contribution in [0, 0.1) is 11.3 Å². The van der Waals surface area contributed by atoms with Gasteiger partial charge in [0, 0.05) is 32.0 Å². The first-order chi connectivity index (χ1) is 8.95. The maximum Gasteiger partial charge on any atom is 0.246 e. The summed E-state index contributed by atoms with van der Waals surface area (Å²) in [5, 5.41) is 11.7. The van der Waals surface area contributed by atoms with E-state index in [2.05, 4.69) is 10.3 Å². The smallest absolute Gasteiger partial charge is 0.246 e. The van der Waals surface area contributed by atoms with Gasteiger partial charge in [0.15, 0.2) is 0 Å². The highest BCUT2D eigenvalue weighted by atomic mass is 32.2. The molecule has 6 nitrogen and oxygen atoms in total. The number of rotatable bonds is 6. The fraction of sp³-hybridized carbons (Fsp3) is 0.500. The summed E-state index contributed by atoms with van der Waals surface area (Å²) >= 11 is 0. The Bertz CT molecular complexity index is 565. The van der Waals surface area contributed by atoms with E-state index in [-0.39, 0.29) is 17.4 Å². The molecule has 0 spiro atoms. The van der Waals surface area contributed by atoms with Crippen LogP contribution in [0.5, 0.6) is 0 Å². The zero-order valence-electron chi connectivity index (χ0n) is 11.3. The molecule has 0 aliphatic heterocycles. The Morgan fingerprint density at radius 2 is 2.26 bits per heavy atom. The van der Waals surface area contributed by atoms with E-state index in [4.69, 9.17) is 5.26 Å². The molecular formula is C12H18N4O2S. The molecule has 0 aliphatic rings. The van der Waals surface area contributed by atoms with E-state index < -0.39 is 10.0 Å². The Hall–Kier alpha value is -1.65. The molecule has 1 N–H and O–H groups in total. The van der Waals surface area contributed by atoms with Gasteiger partial charge in [0.1, 0.15) is 4.90 Å². The Morgan fingerprint density at radius 3 is 2.84 bits per heavy atom. The molecule has 1 heterocycles. The van der Waals surface area contributed by atoms with E-state index in [1.807, 2.05) is 13.0 Å². The molecule has 1 rings (SSSR count). The summed E-state index contributed by atoms with van der Waals surface area (Å²) in [4.78, 5) is 4.00. The van der Waals surface area contributed by atoms with Crippen molar-refractivity contribution < 1.29 is 8.42 Å². The molecule has 104 valence electrons. The van der Waals surface area contributed by atoms with Crippen LogP contribution in [0.3, 0.4) is 0 Å². The van der Waals surface area contributed by atoms with Crippen LogP contribution in [0.15, 0.2) is 23.4 Å². The van der Waals surface area contributed by atoms with Crippen LogP contribution in [0.25, 0.3) is 0 Å². The molecule has 0 saturated heterocycles. The van der Waals surface area contributed by atoms with Crippen LogP contribution in [-0.2, 0) is 10.0 Å². The van der Waals surface area contributed by atoms with Crippen molar-refractivity contribution in [3.8, 4) is 6.07 Å². The first kappa shape index (κ1) is 15.4. The predicted octanol–water partition coefficient (Wildman–Crippen LogP) is 1.44. The zero-order valence-corrected chi connectivity index (χ0v) is 12.1. The number of aromatic nitrogens is 1. The fourth-order valence-electron chi connectivity index (χ4n) is 1.57. The number of nitrogens with zero attached hydrogens (tertiary/aromatic N) is 3. The highest BCUT2D eigenvalue weighted by molar-refractivity contribution is 7.89. The van der Waals surface area contributed by atoms with Gasteiger partial charge < -0.3 is 5.32 Å². The lowest BCUT2D eigenvalue weighted by atomic mass is 10.3. The summed E-state index contributed by atoms with van der Waals surface area (Å²) in [6.07, 6.45) is 3.01. The van der Waals surface area contributed by atoms with Crippen LogP contribution in [-0.4, -0.2) is 37.3 Å². The molecule has 7 heteroatoms. The summed E-state index contributed by atoms with van der Waals surface area (Å²) in [5.74, 6) is 0. The van der Waals surface area contributed by atoms with Crippen molar-refractivity contribution in [2.45, 2.75) is 31.2 Å². The number of pyridine rings is 1. The number of hydrogen-bond donors (Lipinski definition) is 1. The predicted molar refractivity (Wildman–Crippen MR) is 73.0 cm³/mol. The molecule has 0 aliphatic carbocycles. The molecule has 0 bridgehead atoms. The average Bonchev–Trinajstić information content (AvgIpc) is 2.39. The SMILES string of the molecule is CCNc1ccncc1S(=O)(=O)N(C)C(C)CC#N. The van der Waals surface area contributed by atoms with Gasteiger partial charge in [-0.05, 0) is 19.9 Å². The second-order valence-corrected chi connectivity index (χ2v) is 6.10. The van der Waals surface area contributed by atoms with Gasteiger partial charge in [-0.3, -0.25) is 4.98 Å². The topological polar surface area (TPSA) is 86.1 Å². The van der Waals surface area contributed by atoms with Gasteiger partial charge in [0.25, 0.3) is 0 Å². The van der Waals surface area contributed by atoms with Gasteiger partial charge in [-0.2, -0.15) is 9.57 Å². The third-order valence-electron chi connectivity index (χ3n) is 2.82. The quantitative estimate of drug-likeness (QED) is 0.853. The van der Waals surface area contributed by atoms with Crippen molar-refractivity contribution >= 4 is 15.7 Å². The molecule has 0 saturated carbocycles. The van der Waals surface area contributed by atoms with E-state index in [9.17, 15) is 8.42 Å². The van der Waals surface area contributed by atoms with Crippen molar-refractivity contribution in [3.63, 3.8) is 0 Å². The minimum absolute atomic E-state index is 0.129. The Labute approximate surface area is 114 Å². The Kier molecular flexibility index (Phi) is 5.27. The van der Waals surface area contributed by atoms with Crippen molar-refractivity contribution in [1.82, 2.24) is 9.29 Å². The largest absolute Gasteiger partial charge is 0.384 e. The lowest BCUT2D eigenvalue weighted by Crippen LogP contribution is -2.35. The van der Waals surface area contributed by atoms with Crippen LogP contribution < -0.4 is 5.32 Å². The third-order valence-corrected chi connectivity index (χ3v) is 4.82. The number of nitriles is 1. The lowest BCUT2D eigenvalue weighted by molar-refractivity contribution is 0.393. The maximum atomic E-state index is 12.5. The fourth-order valence-corrected chi connectivity index (χ4v) is 3.05. The maximum absolute atomic E-state index is 12.5. The van der Waals surface area contributed by atoms with Gasteiger partial charge in [-0.15, -0.1) is 0 Å². The minimum Gasteiger partial charge on any atom is -0.384 e. The molecule has 1 aromatic rings. The highest BCUT2D eigenvalue weighted by Gasteiger charge is 2.27. The van der Waals surface area contributed by atoms with E-state index in [1.165, 1.54) is 23.7 Å². The highest BCUT2D eigenvalue weighted by Crippen LogP contribution is 2.24. The molecule has 1 aromatic heterocycles. The Balaban J connectivity index is 3.17. The van der Waals surface area contributed by atoms with Gasteiger partial charge in [0.2, 0.25) is 10.0 Å². The van der Waals surface area contributed by atoms with E-state index in [0.717, 1.165) is 0 Å². The minimum atomic E-state index is -3.66.